The third kappa shape index (κ3) is 4.34. The van der Waals surface area contributed by atoms with Crippen molar-refractivity contribution in [2.24, 2.45) is 0 Å². The van der Waals surface area contributed by atoms with Gasteiger partial charge in [0.2, 0.25) is 0 Å². The van der Waals surface area contributed by atoms with E-state index in [0.29, 0.717) is 35.4 Å². The molecule has 1 amide bonds. The Bertz CT molecular complexity index is 1200. The van der Waals surface area contributed by atoms with E-state index in [0.717, 1.165) is 0 Å². The first kappa shape index (κ1) is 20.1. The lowest BCUT2D eigenvalue weighted by atomic mass is 10.1. The number of rotatable bonds is 5. The van der Waals surface area contributed by atoms with Crippen LogP contribution in [0.5, 0.6) is 11.5 Å². The van der Waals surface area contributed by atoms with Crippen LogP contribution in [0.25, 0.3) is 0 Å². The molecule has 7 nitrogen and oxygen atoms in total. The highest BCUT2D eigenvalue weighted by atomic mass is 35.5. The van der Waals surface area contributed by atoms with Crippen molar-refractivity contribution in [1.82, 2.24) is 0 Å². The Morgan fingerprint density at radius 1 is 0.900 bits per heavy atom. The number of sulfonamides is 1. The Morgan fingerprint density at radius 3 is 2.37 bits per heavy atom. The zero-order chi connectivity index (χ0) is 21.1. The van der Waals surface area contributed by atoms with Crippen LogP contribution in [-0.2, 0) is 10.0 Å². The number of amides is 1. The minimum absolute atomic E-state index is 0.000313. The molecule has 1 aliphatic rings. The molecular formula is C21H17ClN2O5S. The van der Waals surface area contributed by atoms with Gasteiger partial charge in [0.1, 0.15) is 13.2 Å². The van der Waals surface area contributed by atoms with Gasteiger partial charge in [0.15, 0.2) is 11.5 Å². The van der Waals surface area contributed by atoms with E-state index in [2.05, 4.69) is 10.0 Å². The first-order valence-electron chi connectivity index (χ1n) is 9.01. The standard InChI is InChI=1S/C21H17ClN2O5S/c22-14-5-7-15(8-6-14)23-21(25)17-3-1-2-4-18(17)24-30(26,27)16-9-10-19-20(13-16)29-12-11-28-19/h1-10,13,24H,11-12H2,(H,23,25). The highest BCUT2D eigenvalue weighted by Gasteiger charge is 2.22. The number of fused-ring (bicyclic) bond motifs is 1. The van der Waals surface area contributed by atoms with Crippen LogP contribution in [0.4, 0.5) is 11.4 Å². The Balaban J connectivity index is 1.59. The van der Waals surface area contributed by atoms with E-state index in [1.165, 1.54) is 24.3 Å². The van der Waals surface area contributed by atoms with Crippen molar-refractivity contribution in [2.45, 2.75) is 4.90 Å². The summed E-state index contributed by atoms with van der Waals surface area (Å²) in [6.07, 6.45) is 0. The highest BCUT2D eigenvalue weighted by Crippen LogP contribution is 2.33. The molecule has 154 valence electrons. The minimum Gasteiger partial charge on any atom is -0.486 e. The molecular weight excluding hydrogens is 428 g/mol. The van der Waals surface area contributed by atoms with E-state index >= 15 is 0 Å². The molecule has 1 aliphatic heterocycles. The lowest BCUT2D eigenvalue weighted by Crippen LogP contribution is -2.19. The first-order valence-corrected chi connectivity index (χ1v) is 10.9. The fraction of sp³-hybridized carbons (Fsp3) is 0.0952. The number of benzene rings is 3. The van der Waals surface area contributed by atoms with Crippen LogP contribution in [0.1, 0.15) is 10.4 Å². The molecule has 0 spiro atoms. The number of anilines is 2. The van der Waals surface area contributed by atoms with Crippen molar-refractivity contribution in [3.8, 4) is 11.5 Å². The van der Waals surface area contributed by atoms with Gasteiger partial charge in [0, 0.05) is 16.8 Å². The summed E-state index contributed by atoms with van der Waals surface area (Å²) in [4.78, 5) is 12.7. The fourth-order valence-electron chi connectivity index (χ4n) is 2.90. The third-order valence-corrected chi connectivity index (χ3v) is 5.96. The van der Waals surface area contributed by atoms with Crippen LogP contribution in [0, 0.1) is 0 Å². The maximum Gasteiger partial charge on any atom is 0.262 e. The van der Waals surface area contributed by atoms with Gasteiger partial charge >= 0.3 is 0 Å². The normalized spacial score (nSPS) is 12.8. The Hall–Kier alpha value is -3.23. The summed E-state index contributed by atoms with van der Waals surface area (Å²) in [5, 5.41) is 3.27. The summed E-state index contributed by atoms with van der Waals surface area (Å²) in [6, 6.07) is 17.3. The molecule has 3 aromatic carbocycles. The molecule has 0 atom stereocenters. The lowest BCUT2D eigenvalue weighted by Gasteiger charge is -2.19. The lowest BCUT2D eigenvalue weighted by molar-refractivity contribution is 0.102. The van der Waals surface area contributed by atoms with E-state index in [1.54, 1.807) is 42.5 Å². The van der Waals surface area contributed by atoms with Gasteiger partial charge in [0.25, 0.3) is 15.9 Å². The van der Waals surface area contributed by atoms with Gasteiger partial charge in [-0.25, -0.2) is 8.42 Å². The zero-order valence-electron chi connectivity index (χ0n) is 15.6. The summed E-state index contributed by atoms with van der Waals surface area (Å²) in [7, 11) is -3.96. The van der Waals surface area contributed by atoms with E-state index in [9.17, 15) is 13.2 Å². The SMILES string of the molecule is O=C(Nc1ccc(Cl)cc1)c1ccccc1NS(=O)(=O)c1ccc2c(c1)OCCO2. The molecule has 9 heteroatoms. The highest BCUT2D eigenvalue weighted by molar-refractivity contribution is 7.92. The molecule has 0 aliphatic carbocycles. The number of para-hydroxylation sites is 1. The molecule has 0 bridgehead atoms. The van der Waals surface area contributed by atoms with Gasteiger partial charge in [-0.2, -0.15) is 0 Å². The number of ether oxygens (including phenoxy) is 2. The molecule has 30 heavy (non-hydrogen) atoms. The van der Waals surface area contributed by atoms with Crippen molar-refractivity contribution in [3.05, 3.63) is 77.3 Å². The van der Waals surface area contributed by atoms with E-state index < -0.39 is 15.9 Å². The van der Waals surface area contributed by atoms with E-state index in [-0.39, 0.29) is 16.1 Å². The van der Waals surface area contributed by atoms with E-state index in [1.807, 2.05) is 0 Å². The second-order valence-corrected chi connectivity index (χ2v) is 8.54. The van der Waals surface area contributed by atoms with Gasteiger partial charge in [-0.3, -0.25) is 9.52 Å². The second kappa shape index (κ2) is 8.25. The minimum atomic E-state index is -3.96. The molecule has 1 heterocycles. The molecule has 0 saturated carbocycles. The molecule has 0 aromatic heterocycles. The number of carbonyl (C=O) groups excluding carboxylic acids is 1. The van der Waals surface area contributed by atoms with Gasteiger partial charge in [-0.1, -0.05) is 23.7 Å². The maximum atomic E-state index is 12.9. The van der Waals surface area contributed by atoms with Crippen LogP contribution in [0.3, 0.4) is 0 Å². The average Bonchev–Trinajstić information content (AvgIpc) is 2.75. The van der Waals surface area contributed by atoms with E-state index in [4.69, 9.17) is 21.1 Å². The van der Waals surface area contributed by atoms with Gasteiger partial charge in [-0.15, -0.1) is 0 Å². The van der Waals surface area contributed by atoms with Gasteiger partial charge in [-0.05, 0) is 48.5 Å². The zero-order valence-corrected chi connectivity index (χ0v) is 17.2. The monoisotopic (exact) mass is 444 g/mol. The van der Waals surface area contributed by atoms with Crippen molar-refractivity contribution in [3.63, 3.8) is 0 Å². The predicted molar refractivity (Wildman–Crippen MR) is 114 cm³/mol. The van der Waals surface area contributed by atoms with Crippen molar-refractivity contribution in [2.75, 3.05) is 23.3 Å². The predicted octanol–water partition coefficient (Wildman–Crippen LogP) is 4.16. The summed E-state index contributed by atoms with van der Waals surface area (Å²) in [5.41, 5.74) is 0.862. The molecule has 0 radical (unpaired) electrons. The smallest absolute Gasteiger partial charge is 0.262 e. The van der Waals surface area contributed by atoms with Gasteiger partial charge < -0.3 is 14.8 Å². The van der Waals surface area contributed by atoms with Crippen molar-refractivity contribution >= 4 is 38.9 Å². The summed E-state index contributed by atoms with van der Waals surface area (Å²) < 4.78 is 39.2. The molecule has 0 unspecified atom stereocenters. The number of hydrogen-bond acceptors (Lipinski definition) is 5. The Labute approximate surface area is 178 Å². The molecule has 3 aromatic rings. The molecule has 0 saturated heterocycles. The number of halogens is 1. The topological polar surface area (TPSA) is 93.7 Å². The number of carbonyl (C=O) groups is 1. The van der Waals surface area contributed by atoms with Crippen LogP contribution < -0.4 is 19.5 Å². The largest absolute Gasteiger partial charge is 0.486 e. The van der Waals surface area contributed by atoms with Crippen molar-refractivity contribution < 1.29 is 22.7 Å². The van der Waals surface area contributed by atoms with Crippen LogP contribution in [0.15, 0.2) is 71.6 Å². The Kier molecular flexibility index (Phi) is 5.52. The van der Waals surface area contributed by atoms with Crippen LogP contribution in [-0.4, -0.2) is 27.5 Å². The van der Waals surface area contributed by atoms with Crippen LogP contribution >= 0.6 is 11.6 Å². The molecule has 2 N–H and O–H groups in total. The fourth-order valence-corrected chi connectivity index (χ4v) is 4.12. The summed E-state index contributed by atoms with van der Waals surface area (Å²) in [6.45, 7) is 0.755. The van der Waals surface area contributed by atoms with Crippen LogP contribution in [0.2, 0.25) is 5.02 Å². The van der Waals surface area contributed by atoms with Crippen molar-refractivity contribution in [1.29, 1.82) is 0 Å². The number of hydrogen-bond donors (Lipinski definition) is 2. The molecule has 4 rings (SSSR count). The maximum absolute atomic E-state index is 12.9. The Morgan fingerprint density at radius 2 is 1.60 bits per heavy atom. The number of nitrogens with one attached hydrogen (secondary N) is 2. The first-order chi connectivity index (χ1) is 14.4. The summed E-state index contributed by atoms with van der Waals surface area (Å²) >= 11 is 5.86. The van der Waals surface area contributed by atoms with Gasteiger partial charge in [0.05, 0.1) is 16.1 Å². The average molecular weight is 445 g/mol. The third-order valence-electron chi connectivity index (χ3n) is 4.34. The second-order valence-electron chi connectivity index (χ2n) is 6.42. The quantitative estimate of drug-likeness (QED) is 0.616. The summed E-state index contributed by atoms with van der Waals surface area (Å²) in [5.74, 6) is 0.388. The molecule has 0 fully saturated rings.